The molecular formula is C38H24N6. The summed E-state index contributed by atoms with van der Waals surface area (Å²) in [6, 6.07) is 51.1. The lowest BCUT2D eigenvalue weighted by Gasteiger charge is -2.04. The molecule has 0 fully saturated rings. The Balaban J connectivity index is 1.22. The third-order valence-corrected chi connectivity index (χ3v) is 8.76. The van der Waals surface area contributed by atoms with Crippen molar-refractivity contribution in [1.29, 1.82) is 0 Å². The summed E-state index contributed by atoms with van der Waals surface area (Å²) >= 11 is 0. The number of hydrogen-bond donors (Lipinski definition) is 0. The number of rotatable bonds is 3. The fourth-order valence-electron chi connectivity index (χ4n) is 6.82. The Labute approximate surface area is 251 Å². The van der Waals surface area contributed by atoms with E-state index in [0.29, 0.717) is 0 Å². The topological polar surface area (TPSA) is 44.5 Å². The molecule has 0 saturated heterocycles. The van der Waals surface area contributed by atoms with Gasteiger partial charge in [-0.2, -0.15) is 0 Å². The van der Waals surface area contributed by atoms with Crippen molar-refractivity contribution in [3.05, 3.63) is 146 Å². The smallest absolute Gasteiger partial charge is 0.220 e. The minimum absolute atomic E-state index is 0.909. The van der Waals surface area contributed by atoms with Gasteiger partial charge < -0.3 is 0 Å². The van der Waals surface area contributed by atoms with Crippen molar-refractivity contribution in [3.8, 4) is 22.5 Å². The summed E-state index contributed by atoms with van der Waals surface area (Å²) in [6.07, 6.45) is 0. The van der Waals surface area contributed by atoms with Gasteiger partial charge in [-0.1, -0.05) is 72.8 Å². The van der Waals surface area contributed by atoms with Gasteiger partial charge in [0.1, 0.15) is 0 Å². The average molecular weight is 565 g/mol. The third-order valence-electron chi connectivity index (χ3n) is 8.76. The predicted octanol–water partition coefficient (Wildman–Crippen LogP) is 8.84. The third kappa shape index (κ3) is 3.14. The van der Waals surface area contributed by atoms with Crippen LogP contribution in [0.25, 0.3) is 78.2 Å². The first-order chi connectivity index (χ1) is 21.8. The van der Waals surface area contributed by atoms with E-state index in [0.717, 1.165) is 78.2 Å². The first-order valence-electron chi connectivity index (χ1n) is 14.8. The molecule has 4 heterocycles. The molecule has 44 heavy (non-hydrogen) atoms. The van der Waals surface area contributed by atoms with Crippen molar-refractivity contribution in [2.24, 2.45) is 0 Å². The van der Waals surface area contributed by atoms with Crippen LogP contribution in [-0.4, -0.2) is 27.9 Å². The van der Waals surface area contributed by atoms with Gasteiger partial charge in [0.05, 0.1) is 44.1 Å². The molecule has 0 bridgehead atoms. The van der Waals surface area contributed by atoms with E-state index >= 15 is 0 Å². The normalized spacial score (nSPS) is 12.1. The van der Waals surface area contributed by atoms with Gasteiger partial charge in [0, 0.05) is 11.4 Å². The van der Waals surface area contributed by atoms with E-state index in [1.807, 2.05) is 12.1 Å². The second-order valence-corrected chi connectivity index (χ2v) is 11.2. The van der Waals surface area contributed by atoms with Gasteiger partial charge in [-0.05, 0) is 83.9 Å². The summed E-state index contributed by atoms with van der Waals surface area (Å²) in [4.78, 5) is 10.2. The average Bonchev–Trinajstić information content (AvgIpc) is 3.81. The van der Waals surface area contributed by atoms with Crippen LogP contribution in [0.3, 0.4) is 0 Å². The van der Waals surface area contributed by atoms with Crippen LogP contribution in [0.5, 0.6) is 0 Å². The van der Waals surface area contributed by atoms with Crippen LogP contribution in [0.1, 0.15) is 0 Å². The number of nitrogens with zero attached hydrogens (tertiary/aromatic N) is 6. The first kappa shape index (κ1) is 23.4. The van der Waals surface area contributed by atoms with Crippen molar-refractivity contribution < 1.29 is 0 Å². The van der Waals surface area contributed by atoms with Gasteiger partial charge in [0.2, 0.25) is 11.6 Å². The Morgan fingerprint density at radius 2 is 0.727 bits per heavy atom. The second-order valence-electron chi connectivity index (χ2n) is 11.2. The molecule has 10 aromatic rings. The van der Waals surface area contributed by atoms with Crippen LogP contribution in [0.15, 0.2) is 146 Å². The highest BCUT2D eigenvalue weighted by atomic mass is 15.2. The van der Waals surface area contributed by atoms with Crippen molar-refractivity contribution >= 4 is 55.7 Å². The minimum atomic E-state index is 0.909. The summed E-state index contributed by atoms with van der Waals surface area (Å²) < 4.78 is 9.05. The second kappa shape index (κ2) is 8.69. The van der Waals surface area contributed by atoms with Gasteiger partial charge in [-0.3, -0.25) is 17.9 Å². The van der Waals surface area contributed by atoms with E-state index in [1.54, 1.807) is 0 Å². The van der Waals surface area contributed by atoms with Crippen molar-refractivity contribution in [3.63, 3.8) is 0 Å². The maximum absolute atomic E-state index is 5.12. The van der Waals surface area contributed by atoms with Crippen LogP contribution < -0.4 is 0 Å². The van der Waals surface area contributed by atoms with Gasteiger partial charge in [0.15, 0.2) is 0 Å². The molecule has 0 radical (unpaired) electrons. The Morgan fingerprint density at radius 1 is 0.341 bits per heavy atom. The standard InChI is InChI=1S/C38H24N6/c1-3-11-27(12-4-1)41-31-15-7-9-17-33(31)43-35-23-25(19-21-29(35)39-37(41)43)26-20-22-30-36(24-26)44-34-18-10-8-16-32(34)42(38(44)40-30)28-13-5-2-6-14-28/h1-24H. The highest BCUT2D eigenvalue weighted by Gasteiger charge is 2.19. The van der Waals surface area contributed by atoms with Gasteiger partial charge in [0.25, 0.3) is 0 Å². The Bertz CT molecular complexity index is 2520. The largest absolute Gasteiger partial charge is 0.278 e. The zero-order chi connectivity index (χ0) is 28.8. The number of aromatic nitrogens is 6. The van der Waals surface area contributed by atoms with Gasteiger partial charge in [-0.15, -0.1) is 0 Å². The highest BCUT2D eigenvalue weighted by Crippen LogP contribution is 2.34. The molecular weight excluding hydrogens is 540 g/mol. The molecule has 0 aliphatic heterocycles. The van der Waals surface area contributed by atoms with E-state index in [2.05, 4.69) is 151 Å². The Hall–Kier alpha value is -6.14. The summed E-state index contributed by atoms with van der Waals surface area (Å²) in [5.74, 6) is 1.82. The summed E-state index contributed by atoms with van der Waals surface area (Å²) in [7, 11) is 0. The fraction of sp³-hybridized carbons (Fsp3) is 0. The molecule has 0 aliphatic rings. The summed E-state index contributed by atoms with van der Waals surface area (Å²) in [6.45, 7) is 0. The van der Waals surface area contributed by atoms with E-state index < -0.39 is 0 Å². The molecule has 0 atom stereocenters. The zero-order valence-corrected chi connectivity index (χ0v) is 23.5. The lowest BCUT2D eigenvalue weighted by atomic mass is 10.0. The zero-order valence-electron chi connectivity index (χ0n) is 23.5. The van der Waals surface area contributed by atoms with Crippen LogP contribution in [0.2, 0.25) is 0 Å². The molecule has 0 saturated carbocycles. The van der Waals surface area contributed by atoms with Crippen LogP contribution in [0, 0.1) is 0 Å². The van der Waals surface area contributed by atoms with Crippen molar-refractivity contribution in [2.45, 2.75) is 0 Å². The minimum Gasteiger partial charge on any atom is -0.278 e. The van der Waals surface area contributed by atoms with Crippen molar-refractivity contribution in [2.75, 3.05) is 0 Å². The van der Waals surface area contributed by atoms with E-state index in [1.165, 1.54) is 0 Å². The molecule has 6 heteroatoms. The van der Waals surface area contributed by atoms with E-state index in [9.17, 15) is 0 Å². The Morgan fingerprint density at radius 3 is 1.16 bits per heavy atom. The maximum atomic E-state index is 5.12. The first-order valence-corrected chi connectivity index (χ1v) is 14.8. The predicted molar refractivity (Wildman–Crippen MR) is 178 cm³/mol. The number of para-hydroxylation sites is 6. The van der Waals surface area contributed by atoms with E-state index in [-0.39, 0.29) is 0 Å². The van der Waals surface area contributed by atoms with Crippen LogP contribution in [-0.2, 0) is 0 Å². The van der Waals surface area contributed by atoms with Gasteiger partial charge in [-0.25, -0.2) is 9.97 Å². The monoisotopic (exact) mass is 564 g/mol. The molecule has 6 nitrogen and oxygen atoms in total. The highest BCUT2D eigenvalue weighted by molar-refractivity contribution is 5.96. The maximum Gasteiger partial charge on any atom is 0.220 e. The molecule has 206 valence electrons. The van der Waals surface area contributed by atoms with Gasteiger partial charge >= 0.3 is 0 Å². The quantitative estimate of drug-likeness (QED) is 0.215. The Kier molecular flexibility index (Phi) is 4.63. The molecule has 0 N–H and O–H groups in total. The molecule has 6 aromatic carbocycles. The van der Waals surface area contributed by atoms with E-state index in [4.69, 9.17) is 9.97 Å². The number of fused-ring (bicyclic) bond motifs is 10. The van der Waals surface area contributed by atoms with Crippen molar-refractivity contribution in [1.82, 2.24) is 27.9 Å². The van der Waals surface area contributed by atoms with Crippen LogP contribution >= 0.6 is 0 Å². The number of hydrogen-bond acceptors (Lipinski definition) is 2. The fourth-order valence-corrected chi connectivity index (χ4v) is 6.82. The lowest BCUT2D eigenvalue weighted by Crippen LogP contribution is -1.94. The summed E-state index contributed by atoms with van der Waals surface area (Å²) in [5, 5.41) is 0. The molecule has 0 amide bonds. The number of imidazole rings is 4. The number of benzene rings is 6. The summed E-state index contributed by atoms with van der Waals surface area (Å²) in [5.41, 5.74) is 13.1. The molecule has 0 spiro atoms. The molecule has 0 unspecified atom stereocenters. The van der Waals surface area contributed by atoms with Crippen LogP contribution in [0.4, 0.5) is 0 Å². The molecule has 10 rings (SSSR count). The SMILES string of the molecule is c1ccc(-n2c3ccccc3n3c4cc(-c5ccc6nc7n(-c8ccccc8)c8ccccc8n7c6c5)ccc4nc23)cc1. The molecule has 4 aromatic heterocycles. The lowest BCUT2D eigenvalue weighted by molar-refractivity contribution is 1.11. The molecule has 0 aliphatic carbocycles.